The molecule has 10 heteroatoms. The molecule has 0 aliphatic carbocycles. The van der Waals surface area contributed by atoms with Crippen molar-refractivity contribution >= 4 is 24.0 Å². The number of nitro benzene ring substituents is 1. The number of carbonyl (C=O) groups is 1. The van der Waals surface area contributed by atoms with Crippen molar-refractivity contribution in [3.63, 3.8) is 0 Å². The van der Waals surface area contributed by atoms with Crippen molar-refractivity contribution in [3.8, 4) is 5.69 Å². The summed E-state index contributed by atoms with van der Waals surface area (Å²) in [7, 11) is 0. The van der Waals surface area contributed by atoms with Crippen LogP contribution in [0.4, 0.5) is 5.69 Å². The zero-order valence-corrected chi connectivity index (χ0v) is 14.4. The predicted octanol–water partition coefficient (Wildman–Crippen LogP) is 1.41. The van der Waals surface area contributed by atoms with Crippen LogP contribution in [0.15, 0.2) is 30.5 Å². The van der Waals surface area contributed by atoms with Gasteiger partial charge in [-0.2, -0.15) is 0 Å². The maximum atomic E-state index is 12.6. The third kappa shape index (κ3) is 3.77. The molecule has 1 amide bonds. The van der Waals surface area contributed by atoms with Gasteiger partial charge in [-0.3, -0.25) is 14.9 Å². The van der Waals surface area contributed by atoms with E-state index in [0.717, 1.165) is 6.42 Å². The number of hydrogen-bond acceptors (Lipinski definition) is 6. The zero-order valence-electron chi connectivity index (χ0n) is 13.6. The number of nitrogens with zero attached hydrogens (tertiary/aromatic N) is 5. The van der Waals surface area contributed by atoms with Gasteiger partial charge >= 0.3 is 0 Å². The van der Waals surface area contributed by atoms with Crippen LogP contribution in [0, 0.1) is 16.0 Å². The number of non-ortho nitro benzene ring substituents is 1. The third-order valence-electron chi connectivity index (χ3n) is 4.27. The monoisotopic (exact) mass is 366 g/mol. The standard InChI is InChI=1S/C15H18N6O3.ClH/c1-10-5-11(7-16)8-19(10)15(22)14-9-20(18-17-14)12-3-2-4-13(6-12)21(23)24;/h2-4,6,9-11H,5,7-8,16H2,1H3;1H. The molecular formula is C15H19ClN6O3. The fraction of sp³-hybridized carbons (Fsp3) is 0.400. The Morgan fingerprint density at radius 3 is 2.88 bits per heavy atom. The fourth-order valence-corrected chi connectivity index (χ4v) is 2.98. The van der Waals surface area contributed by atoms with Gasteiger partial charge in [-0.1, -0.05) is 11.3 Å². The van der Waals surface area contributed by atoms with E-state index < -0.39 is 4.92 Å². The van der Waals surface area contributed by atoms with Gasteiger partial charge in [-0.25, -0.2) is 4.68 Å². The molecule has 1 aliphatic heterocycles. The van der Waals surface area contributed by atoms with E-state index in [1.54, 1.807) is 17.0 Å². The highest BCUT2D eigenvalue weighted by Gasteiger charge is 2.33. The summed E-state index contributed by atoms with van der Waals surface area (Å²) in [5, 5.41) is 18.7. The second kappa shape index (κ2) is 7.58. The fourth-order valence-electron chi connectivity index (χ4n) is 2.98. The number of nitro groups is 1. The van der Waals surface area contributed by atoms with Gasteiger partial charge in [0.2, 0.25) is 0 Å². The van der Waals surface area contributed by atoms with Crippen LogP contribution in [0.25, 0.3) is 5.69 Å². The molecule has 3 rings (SSSR count). The molecule has 1 aromatic carbocycles. The second-order valence-corrected chi connectivity index (χ2v) is 5.97. The Hall–Kier alpha value is -2.52. The number of benzene rings is 1. The SMILES string of the molecule is CC1CC(CN)CN1C(=O)c1cn(-c2cccc([N+](=O)[O-])c2)nn1.Cl. The maximum Gasteiger partial charge on any atom is 0.276 e. The molecule has 2 aromatic rings. The molecule has 2 unspecified atom stereocenters. The van der Waals surface area contributed by atoms with Crippen LogP contribution >= 0.6 is 12.4 Å². The first-order chi connectivity index (χ1) is 11.5. The van der Waals surface area contributed by atoms with E-state index >= 15 is 0 Å². The molecule has 134 valence electrons. The highest BCUT2D eigenvalue weighted by Crippen LogP contribution is 2.24. The van der Waals surface area contributed by atoms with E-state index in [0.29, 0.717) is 24.7 Å². The number of likely N-dealkylation sites (tertiary alicyclic amines) is 1. The van der Waals surface area contributed by atoms with Gasteiger partial charge in [-0.15, -0.1) is 17.5 Å². The van der Waals surface area contributed by atoms with E-state index in [-0.39, 0.29) is 35.7 Å². The Morgan fingerprint density at radius 2 is 2.24 bits per heavy atom. The topological polar surface area (TPSA) is 120 Å². The van der Waals surface area contributed by atoms with E-state index in [1.807, 2.05) is 6.92 Å². The molecule has 0 saturated carbocycles. The Morgan fingerprint density at radius 1 is 1.48 bits per heavy atom. The van der Waals surface area contributed by atoms with Crippen LogP contribution < -0.4 is 5.73 Å². The van der Waals surface area contributed by atoms with Crippen molar-refractivity contribution in [2.75, 3.05) is 13.1 Å². The minimum atomic E-state index is -0.481. The smallest absolute Gasteiger partial charge is 0.276 e. The summed E-state index contributed by atoms with van der Waals surface area (Å²) in [6.45, 7) is 3.15. The molecular weight excluding hydrogens is 348 g/mol. The average Bonchev–Trinajstić information content (AvgIpc) is 3.21. The largest absolute Gasteiger partial charge is 0.334 e. The Balaban J connectivity index is 0.00000225. The van der Waals surface area contributed by atoms with Gasteiger partial charge in [0.05, 0.1) is 16.8 Å². The van der Waals surface area contributed by atoms with Crippen molar-refractivity contribution in [2.24, 2.45) is 11.7 Å². The number of halogens is 1. The highest BCUT2D eigenvalue weighted by molar-refractivity contribution is 5.92. The number of carbonyl (C=O) groups excluding carboxylic acids is 1. The number of aromatic nitrogens is 3. The summed E-state index contributed by atoms with van der Waals surface area (Å²) in [4.78, 5) is 24.7. The molecule has 0 bridgehead atoms. The minimum Gasteiger partial charge on any atom is -0.334 e. The number of hydrogen-bond donors (Lipinski definition) is 1. The Kier molecular flexibility index (Phi) is 5.70. The Labute approximate surface area is 150 Å². The molecule has 2 atom stereocenters. The van der Waals surface area contributed by atoms with Gasteiger partial charge in [0, 0.05) is 24.7 Å². The summed E-state index contributed by atoms with van der Waals surface area (Å²) in [6.07, 6.45) is 2.37. The predicted molar refractivity (Wildman–Crippen MR) is 92.9 cm³/mol. The van der Waals surface area contributed by atoms with Gasteiger partial charge in [-0.05, 0) is 31.9 Å². The number of amides is 1. The van der Waals surface area contributed by atoms with Crippen LogP contribution in [0.2, 0.25) is 0 Å². The van der Waals surface area contributed by atoms with E-state index in [4.69, 9.17) is 5.73 Å². The van der Waals surface area contributed by atoms with Gasteiger partial charge < -0.3 is 10.6 Å². The van der Waals surface area contributed by atoms with Crippen LogP contribution in [0.3, 0.4) is 0 Å². The summed E-state index contributed by atoms with van der Waals surface area (Å²) < 4.78 is 1.36. The molecule has 0 spiro atoms. The van der Waals surface area contributed by atoms with Crippen LogP contribution in [0.1, 0.15) is 23.8 Å². The summed E-state index contributed by atoms with van der Waals surface area (Å²) in [5.41, 5.74) is 6.34. The molecule has 1 saturated heterocycles. The lowest BCUT2D eigenvalue weighted by atomic mass is 10.1. The maximum absolute atomic E-state index is 12.6. The van der Waals surface area contributed by atoms with Gasteiger partial charge in [0.15, 0.2) is 5.69 Å². The lowest BCUT2D eigenvalue weighted by molar-refractivity contribution is -0.384. The third-order valence-corrected chi connectivity index (χ3v) is 4.27. The van der Waals surface area contributed by atoms with Crippen LogP contribution in [-0.2, 0) is 0 Å². The molecule has 1 aliphatic rings. The first-order valence-corrected chi connectivity index (χ1v) is 7.67. The molecule has 0 radical (unpaired) electrons. The van der Waals surface area contributed by atoms with E-state index in [1.165, 1.54) is 23.0 Å². The first-order valence-electron chi connectivity index (χ1n) is 7.67. The van der Waals surface area contributed by atoms with Crippen molar-refractivity contribution in [1.29, 1.82) is 0 Å². The lowest BCUT2D eigenvalue weighted by Gasteiger charge is -2.19. The number of rotatable bonds is 4. The number of nitrogens with two attached hydrogens (primary N) is 1. The van der Waals surface area contributed by atoms with Crippen molar-refractivity contribution in [2.45, 2.75) is 19.4 Å². The lowest BCUT2D eigenvalue weighted by Crippen LogP contribution is -2.34. The molecule has 9 nitrogen and oxygen atoms in total. The van der Waals surface area contributed by atoms with Crippen molar-refractivity contribution in [1.82, 2.24) is 19.9 Å². The molecule has 1 fully saturated rings. The van der Waals surface area contributed by atoms with Crippen LogP contribution in [0.5, 0.6) is 0 Å². The first kappa shape index (κ1) is 18.8. The van der Waals surface area contributed by atoms with Gasteiger partial charge in [0.25, 0.3) is 11.6 Å². The molecule has 2 N–H and O–H groups in total. The quantitative estimate of drug-likeness (QED) is 0.645. The van der Waals surface area contributed by atoms with E-state index in [9.17, 15) is 14.9 Å². The summed E-state index contributed by atoms with van der Waals surface area (Å²) in [5.74, 6) is 0.103. The van der Waals surface area contributed by atoms with Gasteiger partial charge in [0.1, 0.15) is 0 Å². The second-order valence-electron chi connectivity index (χ2n) is 5.97. The van der Waals surface area contributed by atoms with Crippen LogP contribution in [-0.4, -0.2) is 49.9 Å². The minimum absolute atomic E-state index is 0. The highest BCUT2D eigenvalue weighted by atomic mass is 35.5. The Bertz CT molecular complexity index is 780. The molecule has 2 heterocycles. The zero-order chi connectivity index (χ0) is 17.3. The van der Waals surface area contributed by atoms with Crippen molar-refractivity contribution in [3.05, 3.63) is 46.3 Å². The summed E-state index contributed by atoms with van der Waals surface area (Å²) in [6, 6.07) is 6.11. The molecule has 25 heavy (non-hydrogen) atoms. The molecule has 1 aromatic heterocycles. The normalized spacial score (nSPS) is 19.5. The van der Waals surface area contributed by atoms with E-state index in [2.05, 4.69) is 10.3 Å². The summed E-state index contributed by atoms with van der Waals surface area (Å²) >= 11 is 0. The average molecular weight is 367 g/mol. The van der Waals surface area contributed by atoms with Crippen molar-refractivity contribution < 1.29 is 9.72 Å².